The fourth-order valence-electron chi connectivity index (χ4n) is 2.41. The van der Waals surface area contributed by atoms with Crippen molar-refractivity contribution in [2.45, 2.75) is 18.9 Å². The highest BCUT2D eigenvalue weighted by Crippen LogP contribution is 2.22. The molecule has 0 radical (unpaired) electrons. The average molecular weight is 266 g/mol. The third kappa shape index (κ3) is 3.04. The smallest absolute Gasteiger partial charge is 0.257 e. The van der Waals surface area contributed by atoms with Gasteiger partial charge in [-0.2, -0.15) is 0 Å². The van der Waals surface area contributed by atoms with Crippen molar-refractivity contribution in [3.63, 3.8) is 0 Å². The van der Waals surface area contributed by atoms with E-state index in [1.165, 1.54) is 25.3 Å². The summed E-state index contributed by atoms with van der Waals surface area (Å²) in [4.78, 5) is 14.2. The second-order valence-corrected chi connectivity index (χ2v) is 4.72. The first kappa shape index (κ1) is 13.8. The Kier molecular flexibility index (Phi) is 4.37. The van der Waals surface area contributed by atoms with Gasteiger partial charge in [-0.15, -0.1) is 0 Å². The fraction of sp³-hybridized carbons (Fsp3) is 0.500. The maximum absolute atomic E-state index is 13.3. The number of hydrogen-bond acceptors (Lipinski definition) is 3. The molecule has 1 saturated heterocycles. The van der Waals surface area contributed by atoms with Gasteiger partial charge in [-0.25, -0.2) is 4.39 Å². The molecular weight excluding hydrogens is 247 g/mol. The minimum Gasteiger partial charge on any atom is -0.496 e. The third-order valence-corrected chi connectivity index (χ3v) is 3.51. The number of benzene rings is 1. The molecule has 1 amide bonds. The van der Waals surface area contributed by atoms with E-state index in [2.05, 4.69) is 5.32 Å². The van der Waals surface area contributed by atoms with Gasteiger partial charge in [0.1, 0.15) is 11.6 Å². The molecule has 1 atom stereocenters. The van der Waals surface area contributed by atoms with Gasteiger partial charge in [0.05, 0.1) is 12.7 Å². The number of hydrogen-bond donors (Lipinski definition) is 1. The normalized spacial score (nSPS) is 19.3. The van der Waals surface area contributed by atoms with Crippen molar-refractivity contribution < 1.29 is 13.9 Å². The molecule has 104 valence electrons. The Morgan fingerprint density at radius 1 is 1.53 bits per heavy atom. The van der Waals surface area contributed by atoms with Gasteiger partial charge in [-0.3, -0.25) is 4.79 Å². The zero-order chi connectivity index (χ0) is 13.8. The van der Waals surface area contributed by atoms with Gasteiger partial charge in [0.2, 0.25) is 0 Å². The number of piperidine rings is 1. The molecule has 1 aromatic rings. The molecule has 1 fully saturated rings. The lowest BCUT2D eigenvalue weighted by Crippen LogP contribution is -2.47. The number of halogens is 1. The van der Waals surface area contributed by atoms with Crippen molar-refractivity contribution in [2.75, 3.05) is 27.2 Å². The molecule has 0 aromatic heterocycles. The molecular formula is C14H19FN2O2. The van der Waals surface area contributed by atoms with Crippen LogP contribution >= 0.6 is 0 Å². The van der Waals surface area contributed by atoms with E-state index in [4.69, 9.17) is 4.74 Å². The molecule has 1 N–H and O–H groups in total. The Morgan fingerprint density at radius 2 is 2.32 bits per heavy atom. The van der Waals surface area contributed by atoms with Crippen LogP contribution in [0.5, 0.6) is 5.75 Å². The number of likely N-dealkylation sites (tertiary alicyclic amines) is 1. The number of amides is 1. The topological polar surface area (TPSA) is 41.6 Å². The highest BCUT2D eigenvalue weighted by Gasteiger charge is 2.25. The Labute approximate surface area is 112 Å². The molecule has 1 aromatic carbocycles. The molecule has 1 aliphatic rings. The van der Waals surface area contributed by atoms with Crippen molar-refractivity contribution in [2.24, 2.45) is 0 Å². The summed E-state index contributed by atoms with van der Waals surface area (Å²) < 4.78 is 18.5. The number of carbonyl (C=O) groups excluding carboxylic acids is 1. The lowest BCUT2D eigenvalue weighted by Gasteiger charge is -2.32. The molecule has 2 rings (SSSR count). The molecule has 4 nitrogen and oxygen atoms in total. The fourth-order valence-corrected chi connectivity index (χ4v) is 2.41. The predicted octanol–water partition coefficient (Wildman–Crippen LogP) is 1.66. The Balaban J connectivity index is 2.21. The number of carbonyl (C=O) groups is 1. The van der Waals surface area contributed by atoms with Crippen LogP contribution in [-0.2, 0) is 0 Å². The first-order valence-electron chi connectivity index (χ1n) is 6.45. The second kappa shape index (κ2) is 6.02. The van der Waals surface area contributed by atoms with Gasteiger partial charge >= 0.3 is 0 Å². The average Bonchev–Trinajstić information content (AvgIpc) is 2.46. The van der Waals surface area contributed by atoms with Crippen LogP contribution in [0, 0.1) is 5.82 Å². The van der Waals surface area contributed by atoms with Crippen LogP contribution in [0.3, 0.4) is 0 Å². The number of nitrogens with zero attached hydrogens (tertiary/aromatic N) is 1. The summed E-state index contributed by atoms with van der Waals surface area (Å²) in [6, 6.07) is 4.33. The van der Waals surface area contributed by atoms with Gasteiger partial charge in [-0.1, -0.05) is 0 Å². The summed E-state index contributed by atoms with van der Waals surface area (Å²) in [5.74, 6) is -0.180. The van der Waals surface area contributed by atoms with E-state index in [1.54, 1.807) is 4.90 Å². The largest absolute Gasteiger partial charge is 0.496 e. The standard InChI is InChI=1S/C14H19FN2O2/c1-16-11-4-3-7-17(9-11)14(18)12-8-10(15)5-6-13(12)19-2/h5-6,8,11,16H,3-4,7,9H2,1-2H3. The third-order valence-electron chi connectivity index (χ3n) is 3.51. The van der Waals surface area contributed by atoms with Crippen LogP contribution in [0.25, 0.3) is 0 Å². The van der Waals surface area contributed by atoms with Crippen molar-refractivity contribution in [3.8, 4) is 5.75 Å². The summed E-state index contributed by atoms with van der Waals surface area (Å²) in [5.41, 5.74) is 0.291. The summed E-state index contributed by atoms with van der Waals surface area (Å²) in [6.07, 6.45) is 2.01. The molecule has 19 heavy (non-hydrogen) atoms. The molecule has 1 aliphatic heterocycles. The quantitative estimate of drug-likeness (QED) is 0.904. The second-order valence-electron chi connectivity index (χ2n) is 4.72. The van der Waals surface area contributed by atoms with E-state index in [0.29, 0.717) is 30.4 Å². The number of rotatable bonds is 3. The van der Waals surface area contributed by atoms with Crippen molar-refractivity contribution in [1.82, 2.24) is 10.2 Å². The summed E-state index contributed by atoms with van der Waals surface area (Å²) in [7, 11) is 3.37. The van der Waals surface area contributed by atoms with E-state index < -0.39 is 5.82 Å². The van der Waals surface area contributed by atoms with Crippen LogP contribution in [0.15, 0.2) is 18.2 Å². The maximum Gasteiger partial charge on any atom is 0.257 e. The van der Waals surface area contributed by atoms with Crippen LogP contribution in [0.2, 0.25) is 0 Å². The van der Waals surface area contributed by atoms with Crippen LogP contribution < -0.4 is 10.1 Å². The van der Waals surface area contributed by atoms with Gasteiger partial charge in [0, 0.05) is 19.1 Å². The molecule has 0 aliphatic carbocycles. The maximum atomic E-state index is 13.3. The van der Waals surface area contributed by atoms with Gasteiger partial charge in [0.25, 0.3) is 5.91 Å². The zero-order valence-electron chi connectivity index (χ0n) is 11.3. The van der Waals surface area contributed by atoms with Crippen molar-refractivity contribution >= 4 is 5.91 Å². The Bertz CT molecular complexity index is 465. The van der Waals surface area contributed by atoms with Crippen LogP contribution in [-0.4, -0.2) is 44.1 Å². The highest BCUT2D eigenvalue weighted by atomic mass is 19.1. The van der Waals surface area contributed by atoms with E-state index in [9.17, 15) is 9.18 Å². The number of methoxy groups -OCH3 is 1. The molecule has 5 heteroatoms. The van der Waals surface area contributed by atoms with Crippen molar-refractivity contribution in [1.29, 1.82) is 0 Å². The predicted molar refractivity (Wildman–Crippen MR) is 70.9 cm³/mol. The van der Waals surface area contributed by atoms with E-state index in [-0.39, 0.29) is 5.91 Å². The summed E-state index contributed by atoms with van der Waals surface area (Å²) >= 11 is 0. The number of nitrogens with one attached hydrogen (secondary N) is 1. The first-order chi connectivity index (χ1) is 9.15. The summed E-state index contributed by atoms with van der Waals surface area (Å²) in [5, 5.41) is 3.18. The van der Waals surface area contributed by atoms with Gasteiger partial charge in [-0.05, 0) is 38.1 Å². The summed E-state index contributed by atoms with van der Waals surface area (Å²) in [6.45, 7) is 1.35. The Hall–Kier alpha value is -1.62. The lowest BCUT2D eigenvalue weighted by atomic mass is 10.0. The van der Waals surface area contributed by atoms with Crippen LogP contribution in [0.1, 0.15) is 23.2 Å². The monoisotopic (exact) mass is 266 g/mol. The number of ether oxygens (including phenoxy) is 1. The minimum absolute atomic E-state index is 0.170. The Morgan fingerprint density at radius 3 is 3.00 bits per heavy atom. The van der Waals surface area contributed by atoms with E-state index >= 15 is 0 Å². The van der Waals surface area contributed by atoms with Gasteiger partial charge < -0.3 is 15.0 Å². The molecule has 0 saturated carbocycles. The lowest BCUT2D eigenvalue weighted by molar-refractivity contribution is 0.0694. The number of likely N-dealkylation sites (N-methyl/N-ethyl adjacent to an activating group) is 1. The SMILES string of the molecule is CNC1CCCN(C(=O)c2cc(F)ccc2OC)C1. The molecule has 0 spiro atoms. The molecule has 1 heterocycles. The van der Waals surface area contributed by atoms with Crippen molar-refractivity contribution in [3.05, 3.63) is 29.6 Å². The zero-order valence-corrected chi connectivity index (χ0v) is 11.3. The van der Waals surface area contributed by atoms with Gasteiger partial charge in [0.15, 0.2) is 0 Å². The molecule has 0 bridgehead atoms. The van der Waals surface area contributed by atoms with E-state index in [0.717, 1.165) is 12.8 Å². The van der Waals surface area contributed by atoms with E-state index in [1.807, 2.05) is 7.05 Å². The molecule has 1 unspecified atom stereocenters. The minimum atomic E-state index is -0.425. The van der Waals surface area contributed by atoms with Crippen LogP contribution in [0.4, 0.5) is 4.39 Å². The highest BCUT2D eigenvalue weighted by molar-refractivity contribution is 5.97. The first-order valence-corrected chi connectivity index (χ1v) is 6.45.